The maximum absolute atomic E-state index is 13.3. The van der Waals surface area contributed by atoms with E-state index < -0.39 is 0 Å². The Hall–Kier alpha value is -3.86. The number of aryl methyl sites for hydroxylation is 1. The van der Waals surface area contributed by atoms with Crippen molar-refractivity contribution >= 4 is 28.4 Å². The van der Waals surface area contributed by atoms with E-state index in [1.54, 1.807) is 0 Å². The molecule has 5 heteroatoms. The van der Waals surface area contributed by atoms with Crippen molar-refractivity contribution in [2.75, 3.05) is 5.32 Å². The first-order valence-electron chi connectivity index (χ1n) is 11.9. The molecule has 1 aliphatic carbocycles. The molecular weight excluding hydrogens is 422 g/mol. The van der Waals surface area contributed by atoms with E-state index in [0.717, 1.165) is 47.0 Å². The average molecular weight is 452 g/mol. The van der Waals surface area contributed by atoms with Crippen molar-refractivity contribution in [1.82, 2.24) is 9.88 Å². The van der Waals surface area contributed by atoms with Crippen molar-refractivity contribution in [3.05, 3.63) is 101 Å². The van der Waals surface area contributed by atoms with Gasteiger partial charge in [0.1, 0.15) is 5.69 Å². The first-order chi connectivity index (χ1) is 16.6. The highest BCUT2D eigenvalue weighted by atomic mass is 16.2. The second-order valence-electron chi connectivity index (χ2n) is 9.16. The maximum atomic E-state index is 13.3. The number of carbonyl (C=O) groups is 2. The van der Waals surface area contributed by atoms with Crippen LogP contribution < -0.4 is 10.6 Å². The molecule has 0 spiro atoms. The molecule has 0 aliphatic heterocycles. The molecule has 34 heavy (non-hydrogen) atoms. The highest BCUT2D eigenvalue weighted by Crippen LogP contribution is 2.29. The molecule has 1 fully saturated rings. The van der Waals surface area contributed by atoms with Gasteiger partial charge in [-0.05, 0) is 55.2 Å². The first kappa shape index (κ1) is 22.0. The van der Waals surface area contributed by atoms with Crippen molar-refractivity contribution < 1.29 is 9.59 Å². The van der Waals surface area contributed by atoms with Crippen molar-refractivity contribution in [2.24, 2.45) is 5.92 Å². The summed E-state index contributed by atoms with van der Waals surface area (Å²) in [6.45, 7) is 3.13. The summed E-state index contributed by atoms with van der Waals surface area (Å²) >= 11 is 0. The molecular formula is C29H29N3O2. The molecule has 1 saturated carbocycles. The molecule has 0 saturated heterocycles. The number of benzene rings is 3. The van der Waals surface area contributed by atoms with E-state index in [9.17, 15) is 9.59 Å². The van der Waals surface area contributed by atoms with Gasteiger partial charge in [0.15, 0.2) is 0 Å². The molecule has 4 aromatic rings. The molecule has 3 aromatic carbocycles. The smallest absolute Gasteiger partial charge is 0.268 e. The molecule has 0 unspecified atom stereocenters. The molecule has 0 atom stereocenters. The maximum Gasteiger partial charge on any atom is 0.268 e. The zero-order chi connectivity index (χ0) is 23.5. The van der Waals surface area contributed by atoms with Gasteiger partial charge < -0.3 is 15.2 Å². The average Bonchev–Trinajstić information content (AvgIpc) is 3.14. The van der Waals surface area contributed by atoms with Crippen LogP contribution in [0.4, 0.5) is 5.69 Å². The fraction of sp³-hybridized carbons (Fsp3) is 0.241. The molecule has 2 amide bonds. The number of carbonyl (C=O) groups excluding carboxylic acids is 2. The Labute approximate surface area is 199 Å². The van der Waals surface area contributed by atoms with Crippen LogP contribution in [0.15, 0.2) is 78.9 Å². The molecule has 1 heterocycles. The number of hydrogen-bond donors (Lipinski definition) is 2. The molecule has 5 nitrogen and oxygen atoms in total. The third kappa shape index (κ3) is 4.74. The molecule has 172 valence electrons. The van der Waals surface area contributed by atoms with Crippen molar-refractivity contribution in [3.8, 4) is 0 Å². The minimum Gasteiger partial charge on any atom is -0.347 e. The molecule has 1 aromatic heterocycles. The predicted octanol–water partition coefficient (Wildman–Crippen LogP) is 5.67. The molecule has 0 radical (unpaired) electrons. The van der Waals surface area contributed by atoms with Gasteiger partial charge in [0.25, 0.3) is 5.91 Å². The lowest BCUT2D eigenvalue weighted by Crippen LogP contribution is -2.27. The van der Waals surface area contributed by atoms with Gasteiger partial charge in [-0.1, -0.05) is 66.6 Å². The zero-order valence-electron chi connectivity index (χ0n) is 19.4. The summed E-state index contributed by atoms with van der Waals surface area (Å²) in [5.74, 6) is 0.0966. The number of nitrogens with zero attached hydrogens (tertiary/aromatic N) is 1. The minimum absolute atomic E-state index is 0.0885. The third-order valence-electron chi connectivity index (χ3n) is 6.60. The van der Waals surface area contributed by atoms with Gasteiger partial charge in [-0.25, -0.2) is 0 Å². The normalized spacial score (nSPS) is 13.4. The Kier molecular flexibility index (Phi) is 6.17. The van der Waals surface area contributed by atoms with Gasteiger partial charge in [-0.15, -0.1) is 0 Å². The quantitative estimate of drug-likeness (QED) is 0.380. The first-order valence-corrected chi connectivity index (χ1v) is 11.9. The number of aromatic nitrogens is 1. The van der Waals surface area contributed by atoms with Crippen LogP contribution in [0, 0.1) is 12.8 Å². The monoisotopic (exact) mass is 451 g/mol. The Morgan fingerprint density at radius 1 is 0.912 bits per heavy atom. The second-order valence-corrected chi connectivity index (χ2v) is 9.16. The van der Waals surface area contributed by atoms with Gasteiger partial charge in [0.05, 0.1) is 0 Å². The van der Waals surface area contributed by atoms with E-state index in [1.165, 1.54) is 5.56 Å². The number of rotatable bonds is 7. The number of nitrogens with one attached hydrogen (secondary N) is 2. The SMILES string of the molecule is Cc1cccc(Cn2c(C(=O)NCc3ccccc3)cc3cc(NC(=O)C4CCC4)ccc32)c1. The largest absolute Gasteiger partial charge is 0.347 e. The Morgan fingerprint density at radius 3 is 2.44 bits per heavy atom. The zero-order valence-corrected chi connectivity index (χ0v) is 19.4. The second kappa shape index (κ2) is 9.56. The third-order valence-corrected chi connectivity index (χ3v) is 6.60. The van der Waals surface area contributed by atoms with Gasteiger partial charge in [-0.2, -0.15) is 0 Å². The van der Waals surface area contributed by atoms with Gasteiger partial charge in [0.2, 0.25) is 5.91 Å². The van der Waals surface area contributed by atoms with Gasteiger partial charge in [0, 0.05) is 35.6 Å². The topological polar surface area (TPSA) is 63.1 Å². The van der Waals surface area contributed by atoms with E-state index in [-0.39, 0.29) is 17.7 Å². The minimum atomic E-state index is -0.118. The lowest BCUT2D eigenvalue weighted by atomic mass is 9.85. The molecule has 1 aliphatic rings. The van der Waals surface area contributed by atoms with Crippen LogP contribution in [0.1, 0.15) is 46.4 Å². The van der Waals surface area contributed by atoms with E-state index in [0.29, 0.717) is 18.8 Å². The van der Waals surface area contributed by atoms with E-state index in [4.69, 9.17) is 0 Å². The van der Waals surface area contributed by atoms with Crippen LogP contribution in [0.25, 0.3) is 10.9 Å². The highest BCUT2D eigenvalue weighted by molar-refractivity contribution is 6.01. The standard InChI is InChI=1S/C29H29N3O2/c1-20-7-5-10-22(15-20)19-32-26-14-13-25(31-28(33)23-11-6-12-23)16-24(26)17-27(32)29(34)30-18-21-8-3-2-4-9-21/h2-5,7-10,13-17,23H,6,11-12,18-19H2,1H3,(H,30,34)(H,31,33). The van der Waals surface area contributed by atoms with Gasteiger partial charge >= 0.3 is 0 Å². The summed E-state index contributed by atoms with van der Waals surface area (Å²) in [5.41, 5.74) is 5.72. The van der Waals surface area contributed by atoms with Crippen LogP contribution >= 0.6 is 0 Å². The van der Waals surface area contributed by atoms with Crippen LogP contribution in [0.2, 0.25) is 0 Å². The Balaban J connectivity index is 1.46. The lowest BCUT2D eigenvalue weighted by molar-refractivity contribution is -0.122. The van der Waals surface area contributed by atoms with Crippen molar-refractivity contribution in [1.29, 1.82) is 0 Å². The summed E-state index contributed by atoms with van der Waals surface area (Å²) in [6.07, 6.45) is 3.06. The van der Waals surface area contributed by atoms with Crippen LogP contribution in [-0.4, -0.2) is 16.4 Å². The predicted molar refractivity (Wildman–Crippen MR) is 136 cm³/mol. The number of fused-ring (bicyclic) bond motifs is 1. The molecule has 0 bridgehead atoms. The van der Waals surface area contributed by atoms with Crippen LogP contribution in [0.5, 0.6) is 0 Å². The molecule has 5 rings (SSSR count). The highest BCUT2D eigenvalue weighted by Gasteiger charge is 2.25. The fourth-order valence-corrected chi connectivity index (χ4v) is 4.48. The molecule has 2 N–H and O–H groups in total. The number of anilines is 1. The van der Waals surface area contributed by atoms with Crippen LogP contribution in [0.3, 0.4) is 0 Å². The summed E-state index contributed by atoms with van der Waals surface area (Å²) in [5, 5.41) is 7.04. The number of hydrogen-bond acceptors (Lipinski definition) is 2. The van der Waals surface area contributed by atoms with E-state index in [1.807, 2.05) is 60.7 Å². The van der Waals surface area contributed by atoms with Crippen LogP contribution in [-0.2, 0) is 17.9 Å². The Morgan fingerprint density at radius 2 is 1.71 bits per heavy atom. The summed E-state index contributed by atoms with van der Waals surface area (Å²) < 4.78 is 2.06. The van der Waals surface area contributed by atoms with Crippen molar-refractivity contribution in [3.63, 3.8) is 0 Å². The summed E-state index contributed by atoms with van der Waals surface area (Å²) in [7, 11) is 0. The lowest BCUT2D eigenvalue weighted by Gasteiger charge is -2.24. The summed E-state index contributed by atoms with van der Waals surface area (Å²) in [6, 6.07) is 26.0. The van der Waals surface area contributed by atoms with Gasteiger partial charge in [-0.3, -0.25) is 9.59 Å². The Bertz CT molecular complexity index is 1340. The summed E-state index contributed by atoms with van der Waals surface area (Å²) in [4.78, 5) is 25.7. The number of amides is 2. The van der Waals surface area contributed by atoms with E-state index >= 15 is 0 Å². The fourth-order valence-electron chi connectivity index (χ4n) is 4.48. The van der Waals surface area contributed by atoms with E-state index in [2.05, 4.69) is 40.3 Å². The van der Waals surface area contributed by atoms with Crippen molar-refractivity contribution in [2.45, 2.75) is 39.3 Å².